The van der Waals surface area contributed by atoms with E-state index in [0.717, 1.165) is 11.1 Å². The van der Waals surface area contributed by atoms with Gasteiger partial charge >= 0.3 is 0 Å². The number of carbonyl (C=O) groups is 2. The Morgan fingerprint density at radius 3 is 2.30 bits per heavy atom. The summed E-state index contributed by atoms with van der Waals surface area (Å²) in [5.41, 5.74) is 3.18. The summed E-state index contributed by atoms with van der Waals surface area (Å²) in [5.74, 6) is -0.469. The van der Waals surface area contributed by atoms with E-state index in [9.17, 15) is 18.0 Å². The molecular weight excluding hydrogens is 438 g/mol. The average Bonchev–Trinajstić information content (AvgIpc) is 2.78. The lowest BCUT2D eigenvalue weighted by Crippen LogP contribution is -2.24. The van der Waals surface area contributed by atoms with Crippen molar-refractivity contribution < 1.29 is 18.0 Å². The van der Waals surface area contributed by atoms with Crippen LogP contribution in [-0.2, 0) is 27.9 Å². The number of hydrogen-bond acceptors (Lipinski definition) is 4. The highest BCUT2D eigenvalue weighted by Crippen LogP contribution is 2.19. The van der Waals surface area contributed by atoms with E-state index in [0.29, 0.717) is 17.8 Å². The highest BCUT2D eigenvalue weighted by atomic mass is 32.2. The van der Waals surface area contributed by atoms with Crippen molar-refractivity contribution in [2.75, 3.05) is 12.4 Å². The lowest BCUT2D eigenvalue weighted by atomic mass is 10.1. The van der Waals surface area contributed by atoms with Gasteiger partial charge in [-0.3, -0.25) is 9.59 Å². The van der Waals surface area contributed by atoms with Crippen LogP contribution in [0.15, 0.2) is 77.7 Å². The molecule has 3 aromatic rings. The Labute approximate surface area is 194 Å². The molecule has 0 aromatic heterocycles. The summed E-state index contributed by atoms with van der Waals surface area (Å²) in [7, 11) is -2.10. The van der Waals surface area contributed by atoms with Crippen molar-refractivity contribution in [3.05, 3.63) is 95.1 Å². The first-order valence-corrected chi connectivity index (χ1v) is 11.9. The molecule has 3 rings (SSSR count). The minimum atomic E-state index is -3.80. The summed E-state index contributed by atoms with van der Waals surface area (Å²) in [5, 5.41) is 2.82. The van der Waals surface area contributed by atoms with Gasteiger partial charge in [0.2, 0.25) is 15.9 Å². The fraction of sp³-hybridized carbons (Fsp3) is 0.200. The first-order chi connectivity index (χ1) is 15.7. The predicted octanol–water partition coefficient (Wildman–Crippen LogP) is 3.70. The average molecular weight is 466 g/mol. The molecule has 3 aromatic carbocycles. The second-order valence-corrected chi connectivity index (χ2v) is 9.58. The van der Waals surface area contributed by atoms with Gasteiger partial charge in [-0.05, 0) is 47.9 Å². The molecule has 0 atom stereocenters. The summed E-state index contributed by atoms with van der Waals surface area (Å²) in [6.07, 6.45) is 0. The van der Waals surface area contributed by atoms with Crippen molar-refractivity contribution in [3.63, 3.8) is 0 Å². The smallest absolute Gasteiger partial charge is 0.255 e. The number of sulfonamides is 1. The largest absolute Gasteiger partial charge is 0.342 e. The standard InChI is InChI=1S/C25H27N3O4S/c1-18-12-13-23(33(31,32)26-16-20-8-5-4-6-9-20)15-24(18)25(30)27-22-11-7-10-21(14-22)17-28(3)19(2)29/h4-15,26H,16-17H2,1-3H3,(H,27,30). The van der Waals surface area contributed by atoms with E-state index in [1.807, 2.05) is 36.4 Å². The highest BCUT2D eigenvalue weighted by molar-refractivity contribution is 7.89. The Bertz CT molecular complexity index is 1260. The number of nitrogens with one attached hydrogen (secondary N) is 2. The Morgan fingerprint density at radius 2 is 1.61 bits per heavy atom. The molecule has 2 N–H and O–H groups in total. The summed E-state index contributed by atoms with van der Waals surface area (Å²) in [6.45, 7) is 3.81. The fourth-order valence-corrected chi connectivity index (χ4v) is 4.25. The van der Waals surface area contributed by atoms with Gasteiger partial charge in [-0.15, -0.1) is 0 Å². The monoisotopic (exact) mass is 465 g/mol. The number of nitrogens with zero attached hydrogens (tertiary/aromatic N) is 1. The fourth-order valence-electron chi connectivity index (χ4n) is 3.20. The Balaban J connectivity index is 1.76. The van der Waals surface area contributed by atoms with Crippen molar-refractivity contribution in [3.8, 4) is 0 Å². The Morgan fingerprint density at radius 1 is 0.909 bits per heavy atom. The maximum Gasteiger partial charge on any atom is 0.255 e. The first-order valence-electron chi connectivity index (χ1n) is 10.4. The van der Waals surface area contributed by atoms with Gasteiger partial charge in [-0.25, -0.2) is 13.1 Å². The maximum atomic E-state index is 12.9. The second kappa shape index (κ2) is 10.4. The van der Waals surface area contributed by atoms with Crippen LogP contribution in [0.25, 0.3) is 0 Å². The molecule has 0 unspecified atom stereocenters. The first kappa shape index (κ1) is 24.2. The van der Waals surface area contributed by atoms with E-state index in [4.69, 9.17) is 0 Å². The normalized spacial score (nSPS) is 11.1. The Hall–Kier alpha value is -3.49. The molecule has 0 saturated heterocycles. The number of aryl methyl sites for hydroxylation is 1. The zero-order chi connectivity index (χ0) is 24.0. The van der Waals surface area contributed by atoms with Gasteiger partial charge < -0.3 is 10.2 Å². The second-order valence-electron chi connectivity index (χ2n) is 7.82. The van der Waals surface area contributed by atoms with Crippen molar-refractivity contribution in [1.29, 1.82) is 0 Å². The molecule has 0 aliphatic rings. The number of rotatable bonds is 8. The van der Waals surface area contributed by atoms with Crippen LogP contribution in [0.2, 0.25) is 0 Å². The Kier molecular flexibility index (Phi) is 7.63. The molecule has 8 heteroatoms. The molecule has 33 heavy (non-hydrogen) atoms. The molecular formula is C25H27N3O4S. The van der Waals surface area contributed by atoms with Gasteiger partial charge in [-0.1, -0.05) is 48.5 Å². The van der Waals surface area contributed by atoms with E-state index in [2.05, 4.69) is 10.0 Å². The van der Waals surface area contributed by atoms with E-state index < -0.39 is 15.9 Å². The summed E-state index contributed by atoms with van der Waals surface area (Å²) >= 11 is 0. The van der Waals surface area contributed by atoms with Gasteiger partial charge in [0, 0.05) is 38.3 Å². The lowest BCUT2D eigenvalue weighted by Gasteiger charge is -2.16. The van der Waals surface area contributed by atoms with Crippen LogP contribution in [0.5, 0.6) is 0 Å². The zero-order valence-electron chi connectivity index (χ0n) is 18.8. The SMILES string of the molecule is CC(=O)N(C)Cc1cccc(NC(=O)c2cc(S(=O)(=O)NCc3ccccc3)ccc2C)c1. The molecule has 0 fully saturated rings. The highest BCUT2D eigenvalue weighted by Gasteiger charge is 2.18. The third-order valence-electron chi connectivity index (χ3n) is 5.22. The molecule has 0 aliphatic heterocycles. The zero-order valence-corrected chi connectivity index (χ0v) is 19.6. The summed E-state index contributed by atoms with van der Waals surface area (Å²) in [6, 6.07) is 20.9. The molecule has 0 heterocycles. The van der Waals surface area contributed by atoms with Crippen LogP contribution in [0, 0.1) is 6.92 Å². The number of hydrogen-bond donors (Lipinski definition) is 2. The van der Waals surface area contributed by atoms with Gasteiger partial charge in [0.1, 0.15) is 0 Å². The number of amides is 2. The quantitative estimate of drug-likeness (QED) is 0.530. The van der Waals surface area contributed by atoms with Crippen LogP contribution in [-0.4, -0.2) is 32.2 Å². The third kappa shape index (κ3) is 6.50. The third-order valence-corrected chi connectivity index (χ3v) is 6.61. The van der Waals surface area contributed by atoms with Gasteiger partial charge in [-0.2, -0.15) is 0 Å². The molecule has 2 amide bonds. The minimum absolute atomic E-state index is 0.0195. The molecule has 0 bridgehead atoms. The lowest BCUT2D eigenvalue weighted by molar-refractivity contribution is -0.128. The van der Waals surface area contributed by atoms with E-state index in [1.165, 1.54) is 19.1 Å². The van der Waals surface area contributed by atoms with Crippen molar-refractivity contribution in [2.45, 2.75) is 31.8 Å². The van der Waals surface area contributed by atoms with Crippen LogP contribution in [0.3, 0.4) is 0 Å². The molecule has 0 aliphatic carbocycles. The van der Waals surface area contributed by atoms with E-state index in [-0.39, 0.29) is 22.9 Å². The molecule has 7 nitrogen and oxygen atoms in total. The maximum absolute atomic E-state index is 12.9. The van der Waals surface area contributed by atoms with Crippen LogP contribution in [0.4, 0.5) is 5.69 Å². The summed E-state index contributed by atoms with van der Waals surface area (Å²) in [4.78, 5) is 26.0. The summed E-state index contributed by atoms with van der Waals surface area (Å²) < 4.78 is 28.1. The van der Waals surface area contributed by atoms with Crippen LogP contribution in [0.1, 0.15) is 34.0 Å². The molecule has 0 spiro atoms. The number of carbonyl (C=O) groups excluding carboxylic acids is 2. The minimum Gasteiger partial charge on any atom is -0.342 e. The van der Waals surface area contributed by atoms with Crippen LogP contribution < -0.4 is 10.0 Å². The van der Waals surface area contributed by atoms with Crippen molar-refractivity contribution in [2.24, 2.45) is 0 Å². The van der Waals surface area contributed by atoms with Crippen molar-refractivity contribution >= 4 is 27.5 Å². The molecule has 0 radical (unpaired) electrons. The molecule has 172 valence electrons. The molecule has 0 saturated carbocycles. The van der Waals surface area contributed by atoms with Gasteiger partial charge in [0.25, 0.3) is 5.91 Å². The van der Waals surface area contributed by atoms with Crippen LogP contribution >= 0.6 is 0 Å². The number of benzene rings is 3. The topological polar surface area (TPSA) is 95.6 Å². The van der Waals surface area contributed by atoms with Crippen molar-refractivity contribution in [1.82, 2.24) is 9.62 Å². The predicted molar refractivity (Wildman–Crippen MR) is 128 cm³/mol. The van der Waals surface area contributed by atoms with E-state index >= 15 is 0 Å². The van der Waals surface area contributed by atoms with Gasteiger partial charge in [0.15, 0.2) is 0 Å². The van der Waals surface area contributed by atoms with Gasteiger partial charge in [0.05, 0.1) is 4.90 Å². The number of anilines is 1. The van der Waals surface area contributed by atoms with E-state index in [1.54, 1.807) is 43.1 Å².